The van der Waals surface area contributed by atoms with E-state index in [1.54, 1.807) is 12.1 Å². The van der Waals surface area contributed by atoms with Crippen LogP contribution in [0, 0.1) is 12.7 Å². The molecule has 0 N–H and O–H groups in total. The molecule has 1 aliphatic heterocycles. The standard InChI is InChI=1S/C26H24ClFN4O/c1-18-7-10-21(27)17-23(18)31-13-15-32(16-14-31)24(19-8-11-22(28)12-9-19)26-30-29-25(33-26)20-5-3-2-4-6-20/h2-12,17,24H,13-16H2,1H3/t24-/m1/s1. The predicted octanol–water partition coefficient (Wildman–Crippen LogP) is 5.75. The molecule has 0 radical (unpaired) electrons. The topological polar surface area (TPSA) is 45.4 Å². The lowest BCUT2D eigenvalue weighted by Gasteiger charge is -2.39. The number of halogens is 2. The second kappa shape index (κ2) is 9.33. The van der Waals surface area contributed by atoms with Crippen LogP contribution in [0.25, 0.3) is 11.5 Å². The molecule has 0 saturated carbocycles. The first kappa shape index (κ1) is 21.6. The van der Waals surface area contributed by atoms with Crippen LogP contribution in [-0.4, -0.2) is 41.3 Å². The highest BCUT2D eigenvalue weighted by Crippen LogP contribution is 2.32. The van der Waals surface area contributed by atoms with Gasteiger partial charge in [-0.25, -0.2) is 4.39 Å². The van der Waals surface area contributed by atoms with Crippen LogP contribution in [0.4, 0.5) is 10.1 Å². The van der Waals surface area contributed by atoms with Gasteiger partial charge < -0.3 is 9.32 Å². The summed E-state index contributed by atoms with van der Waals surface area (Å²) in [6.07, 6.45) is 0. The minimum Gasteiger partial charge on any atom is -0.419 e. The fourth-order valence-electron chi connectivity index (χ4n) is 4.34. The third-order valence-electron chi connectivity index (χ3n) is 6.07. The van der Waals surface area contributed by atoms with E-state index in [2.05, 4.69) is 33.0 Å². The summed E-state index contributed by atoms with van der Waals surface area (Å²) in [7, 11) is 0. The van der Waals surface area contributed by atoms with Crippen LogP contribution in [0.15, 0.2) is 77.2 Å². The molecule has 3 aromatic carbocycles. The van der Waals surface area contributed by atoms with Crippen molar-refractivity contribution in [1.82, 2.24) is 15.1 Å². The predicted molar refractivity (Wildman–Crippen MR) is 128 cm³/mol. The van der Waals surface area contributed by atoms with Crippen LogP contribution in [0.3, 0.4) is 0 Å². The number of piperazine rings is 1. The van der Waals surface area contributed by atoms with Crippen molar-refractivity contribution in [2.75, 3.05) is 31.1 Å². The Kier molecular flexibility index (Phi) is 6.11. The minimum atomic E-state index is -0.269. The van der Waals surface area contributed by atoms with Crippen molar-refractivity contribution in [1.29, 1.82) is 0 Å². The molecule has 168 valence electrons. The number of nitrogens with zero attached hydrogens (tertiary/aromatic N) is 4. The van der Waals surface area contributed by atoms with Crippen molar-refractivity contribution in [3.8, 4) is 11.5 Å². The quantitative estimate of drug-likeness (QED) is 0.378. The summed E-state index contributed by atoms with van der Waals surface area (Å²) in [5.74, 6) is 0.716. The average Bonchev–Trinajstić information content (AvgIpc) is 3.33. The Morgan fingerprint density at radius 3 is 2.36 bits per heavy atom. The number of hydrogen-bond acceptors (Lipinski definition) is 5. The van der Waals surface area contributed by atoms with E-state index < -0.39 is 0 Å². The molecule has 5 nitrogen and oxygen atoms in total. The van der Waals surface area contributed by atoms with Crippen LogP contribution in [0.5, 0.6) is 0 Å². The van der Waals surface area contributed by atoms with Gasteiger partial charge in [0.15, 0.2) is 0 Å². The summed E-state index contributed by atoms with van der Waals surface area (Å²) in [4.78, 5) is 4.66. The molecule has 33 heavy (non-hydrogen) atoms. The van der Waals surface area contributed by atoms with Crippen molar-refractivity contribution in [2.45, 2.75) is 13.0 Å². The summed E-state index contributed by atoms with van der Waals surface area (Å²) in [6.45, 7) is 5.34. The number of hydrogen-bond donors (Lipinski definition) is 0. The first-order chi connectivity index (χ1) is 16.1. The summed E-state index contributed by atoms with van der Waals surface area (Å²) < 4.78 is 19.8. The second-order valence-electron chi connectivity index (χ2n) is 8.22. The van der Waals surface area contributed by atoms with Crippen LogP contribution >= 0.6 is 11.6 Å². The Balaban J connectivity index is 1.42. The monoisotopic (exact) mass is 462 g/mol. The van der Waals surface area contributed by atoms with Gasteiger partial charge in [0.05, 0.1) is 0 Å². The van der Waals surface area contributed by atoms with Gasteiger partial charge in [-0.2, -0.15) is 0 Å². The molecular weight excluding hydrogens is 439 g/mol. The smallest absolute Gasteiger partial charge is 0.247 e. The van der Waals surface area contributed by atoms with E-state index in [9.17, 15) is 4.39 Å². The van der Waals surface area contributed by atoms with Gasteiger partial charge in [0, 0.05) is 42.5 Å². The molecular formula is C26H24ClFN4O. The van der Waals surface area contributed by atoms with E-state index in [0.29, 0.717) is 11.8 Å². The lowest BCUT2D eigenvalue weighted by Crippen LogP contribution is -2.48. The molecule has 1 atom stereocenters. The highest BCUT2D eigenvalue weighted by atomic mass is 35.5. The summed E-state index contributed by atoms with van der Waals surface area (Å²) in [5, 5.41) is 9.41. The van der Waals surface area contributed by atoms with Gasteiger partial charge in [-0.3, -0.25) is 4.90 Å². The number of aryl methyl sites for hydroxylation is 1. The van der Waals surface area contributed by atoms with Crippen molar-refractivity contribution in [2.24, 2.45) is 0 Å². The lowest BCUT2D eigenvalue weighted by atomic mass is 10.0. The fraction of sp³-hybridized carbons (Fsp3) is 0.231. The Morgan fingerprint density at radius 1 is 0.909 bits per heavy atom. The van der Waals surface area contributed by atoms with Crippen LogP contribution in [0.2, 0.25) is 5.02 Å². The Labute approximate surface area is 197 Å². The Morgan fingerprint density at radius 2 is 1.64 bits per heavy atom. The Bertz CT molecular complexity index is 1220. The zero-order chi connectivity index (χ0) is 22.8. The number of rotatable bonds is 5. The Hall–Kier alpha value is -3.22. The lowest BCUT2D eigenvalue weighted by molar-refractivity contribution is 0.188. The summed E-state index contributed by atoms with van der Waals surface area (Å²) in [6, 6.07) is 22.0. The molecule has 1 saturated heterocycles. The third kappa shape index (κ3) is 4.63. The minimum absolute atomic E-state index is 0.252. The first-order valence-electron chi connectivity index (χ1n) is 11.0. The number of anilines is 1. The van der Waals surface area contributed by atoms with Crippen molar-refractivity contribution in [3.05, 3.63) is 101 Å². The zero-order valence-corrected chi connectivity index (χ0v) is 19.0. The zero-order valence-electron chi connectivity index (χ0n) is 18.3. The van der Waals surface area contributed by atoms with Gasteiger partial charge in [0.25, 0.3) is 0 Å². The van der Waals surface area contributed by atoms with E-state index in [0.717, 1.165) is 48.0 Å². The van der Waals surface area contributed by atoms with Crippen LogP contribution in [0.1, 0.15) is 23.1 Å². The molecule has 5 rings (SSSR count). The third-order valence-corrected chi connectivity index (χ3v) is 6.31. The molecule has 0 amide bonds. The maximum atomic E-state index is 13.6. The van der Waals surface area contributed by atoms with Crippen LogP contribution < -0.4 is 4.90 Å². The summed E-state index contributed by atoms with van der Waals surface area (Å²) in [5.41, 5.74) is 4.15. The molecule has 1 aromatic heterocycles. The van der Waals surface area contributed by atoms with E-state index in [1.165, 1.54) is 17.7 Å². The largest absolute Gasteiger partial charge is 0.419 e. The van der Waals surface area contributed by atoms with E-state index in [1.807, 2.05) is 42.5 Å². The van der Waals surface area contributed by atoms with Gasteiger partial charge in [-0.15, -0.1) is 10.2 Å². The van der Waals surface area contributed by atoms with Gasteiger partial charge in [0.2, 0.25) is 11.8 Å². The van der Waals surface area contributed by atoms with E-state index >= 15 is 0 Å². The molecule has 0 aliphatic carbocycles. The molecule has 1 aliphatic rings. The molecule has 4 aromatic rings. The molecule has 0 bridgehead atoms. The van der Waals surface area contributed by atoms with Crippen molar-refractivity contribution in [3.63, 3.8) is 0 Å². The molecule has 1 fully saturated rings. The summed E-state index contributed by atoms with van der Waals surface area (Å²) >= 11 is 6.25. The first-order valence-corrected chi connectivity index (χ1v) is 11.4. The molecule has 0 unspecified atom stereocenters. The number of aromatic nitrogens is 2. The molecule has 2 heterocycles. The molecule has 0 spiro atoms. The number of benzene rings is 3. The van der Waals surface area contributed by atoms with Crippen molar-refractivity contribution >= 4 is 17.3 Å². The SMILES string of the molecule is Cc1ccc(Cl)cc1N1CCN([C@H](c2ccc(F)cc2)c2nnc(-c3ccccc3)o2)CC1. The maximum Gasteiger partial charge on any atom is 0.247 e. The normalized spacial score (nSPS) is 15.5. The van der Waals surface area contributed by atoms with Crippen LogP contribution in [-0.2, 0) is 0 Å². The van der Waals surface area contributed by atoms with E-state index in [-0.39, 0.29) is 11.9 Å². The van der Waals surface area contributed by atoms with Gasteiger partial charge in [-0.05, 0) is 54.4 Å². The van der Waals surface area contributed by atoms with E-state index in [4.69, 9.17) is 16.0 Å². The van der Waals surface area contributed by atoms with Crippen molar-refractivity contribution < 1.29 is 8.81 Å². The average molecular weight is 463 g/mol. The van der Waals surface area contributed by atoms with Gasteiger partial charge >= 0.3 is 0 Å². The maximum absolute atomic E-state index is 13.6. The second-order valence-corrected chi connectivity index (χ2v) is 8.66. The highest BCUT2D eigenvalue weighted by molar-refractivity contribution is 6.30. The fourth-order valence-corrected chi connectivity index (χ4v) is 4.51. The van der Waals surface area contributed by atoms with Gasteiger partial charge in [-0.1, -0.05) is 48.0 Å². The van der Waals surface area contributed by atoms with Gasteiger partial charge in [0.1, 0.15) is 11.9 Å². The molecule has 7 heteroatoms. The highest BCUT2D eigenvalue weighted by Gasteiger charge is 2.31.